The zero-order valence-electron chi connectivity index (χ0n) is 11.8. The summed E-state index contributed by atoms with van der Waals surface area (Å²) in [6, 6.07) is 4.11. The molecular formula is C14H18ClN3O3. The van der Waals surface area contributed by atoms with Crippen LogP contribution in [0.25, 0.3) is 0 Å². The van der Waals surface area contributed by atoms with E-state index < -0.39 is 5.97 Å². The van der Waals surface area contributed by atoms with Gasteiger partial charge in [0.2, 0.25) is 0 Å². The molecule has 6 nitrogen and oxygen atoms in total. The number of urea groups is 1. The lowest BCUT2D eigenvalue weighted by molar-refractivity contribution is 0.0698. The number of aromatic carboxylic acids is 1. The molecule has 1 aliphatic heterocycles. The van der Waals surface area contributed by atoms with E-state index in [1.165, 1.54) is 12.1 Å². The number of anilines is 1. The molecule has 0 aromatic heterocycles. The number of nitrogens with zero attached hydrogens (tertiary/aromatic N) is 2. The number of carbonyl (C=O) groups is 2. The molecule has 0 radical (unpaired) electrons. The van der Waals surface area contributed by atoms with E-state index in [0.717, 1.165) is 19.6 Å². The number of amides is 2. The zero-order valence-corrected chi connectivity index (χ0v) is 12.6. The van der Waals surface area contributed by atoms with Gasteiger partial charge < -0.3 is 20.2 Å². The Morgan fingerprint density at radius 2 is 1.95 bits per heavy atom. The minimum absolute atomic E-state index is 0.0111. The number of benzene rings is 1. The molecule has 7 heteroatoms. The van der Waals surface area contributed by atoms with Gasteiger partial charge in [-0.05, 0) is 24.7 Å². The molecule has 0 bridgehead atoms. The number of halogens is 1. The molecule has 0 atom stereocenters. The van der Waals surface area contributed by atoms with Crippen molar-refractivity contribution in [3.63, 3.8) is 0 Å². The third-order valence-corrected chi connectivity index (χ3v) is 3.80. The van der Waals surface area contributed by atoms with Crippen LogP contribution < -0.4 is 5.32 Å². The van der Waals surface area contributed by atoms with Crippen molar-refractivity contribution in [2.75, 3.05) is 38.0 Å². The van der Waals surface area contributed by atoms with Crippen molar-refractivity contribution in [1.82, 2.24) is 9.80 Å². The lowest BCUT2D eigenvalue weighted by Gasteiger charge is -2.34. The van der Waals surface area contributed by atoms with Crippen LogP contribution in [0.5, 0.6) is 0 Å². The molecule has 21 heavy (non-hydrogen) atoms. The third kappa shape index (κ3) is 3.86. The van der Waals surface area contributed by atoms with Gasteiger partial charge in [0, 0.05) is 31.2 Å². The van der Waals surface area contributed by atoms with E-state index in [1.807, 2.05) is 0 Å². The fourth-order valence-electron chi connectivity index (χ4n) is 2.26. The highest BCUT2D eigenvalue weighted by Crippen LogP contribution is 2.21. The predicted molar refractivity (Wildman–Crippen MR) is 81.1 cm³/mol. The van der Waals surface area contributed by atoms with Gasteiger partial charge >= 0.3 is 12.0 Å². The minimum Gasteiger partial charge on any atom is -0.478 e. The second-order valence-corrected chi connectivity index (χ2v) is 5.28. The second-order valence-electron chi connectivity index (χ2n) is 4.85. The molecule has 2 rings (SSSR count). The van der Waals surface area contributed by atoms with Gasteiger partial charge in [-0.2, -0.15) is 0 Å². The van der Waals surface area contributed by atoms with Crippen LogP contribution in [-0.4, -0.2) is 59.6 Å². The summed E-state index contributed by atoms with van der Waals surface area (Å²) in [6.07, 6.45) is 0. The van der Waals surface area contributed by atoms with Crippen LogP contribution in [-0.2, 0) is 0 Å². The molecular weight excluding hydrogens is 294 g/mol. The normalized spacial score (nSPS) is 15.8. The maximum Gasteiger partial charge on any atom is 0.337 e. The Morgan fingerprint density at radius 1 is 1.29 bits per heavy atom. The third-order valence-electron chi connectivity index (χ3n) is 3.56. The fraction of sp³-hybridized carbons (Fsp3) is 0.429. The Labute approximate surface area is 128 Å². The van der Waals surface area contributed by atoms with Gasteiger partial charge in [0.05, 0.1) is 11.3 Å². The van der Waals surface area contributed by atoms with Gasteiger partial charge in [0.1, 0.15) is 0 Å². The standard InChI is InChI=1S/C14H18ClN3O3/c1-2-17-5-7-18(8-6-17)14(21)16-12-4-3-10(15)9-11(12)13(19)20/h3-4,9H,2,5-8H2,1H3,(H,16,21)(H,19,20). The van der Waals surface area contributed by atoms with Gasteiger partial charge in [0.25, 0.3) is 0 Å². The number of nitrogens with one attached hydrogen (secondary N) is 1. The number of hydrogen-bond donors (Lipinski definition) is 2. The van der Waals surface area contributed by atoms with Crippen LogP contribution in [0.4, 0.5) is 10.5 Å². The molecule has 0 unspecified atom stereocenters. The predicted octanol–water partition coefficient (Wildman–Crippen LogP) is 2.21. The Kier molecular flexibility index (Phi) is 5.03. The smallest absolute Gasteiger partial charge is 0.337 e. The average Bonchev–Trinajstić information content (AvgIpc) is 2.49. The van der Waals surface area contributed by atoms with Crippen molar-refractivity contribution in [2.45, 2.75) is 6.92 Å². The molecule has 1 aromatic rings. The lowest BCUT2D eigenvalue weighted by Crippen LogP contribution is -2.49. The SMILES string of the molecule is CCN1CCN(C(=O)Nc2ccc(Cl)cc2C(=O)O)CC1. The molecule has 0 saturated carbocycles. The molecule has 2 amide bonds. The Balaban J connectivity index is 2.05. The summed E-state index contributed by atoms with van der Waals surface area (Å²) in [6.45, 7) is 5.98. The van der Waals surface area contributed by atoms with E-state index in [-0.39, 0.29) is 17.3 Å². The van der Waals surface area contributed by atoms with Crippen molar-refractivity contribution in [3.8, 4) is 0 Å². The van der Waals surface area contributed by atoms with E-state index in [9.17, 15) is 9.59 Å². The minimum atomic E-state index is -1.12. The molecule has 1 fully saturated rings. The first-order chi connectivity index (χ1) is 10.0. The summed E-state index contributed by atoms with van der Waals surface area (Å²) in [4.78, 5) is 27.3. The van der Waals surface area contributed by atoms with E-state index in [1.54, 1.807) is 11.0 Å². The van der Waals surface area contributed by atoms with Gasteiger partial charge in [-0.3, -0.25) is 0 Å². The van der Waals surface area contributed by atoms with Crippen molar-refractivity contribution in [2.24, 2.45) is 0 Å². The van der Waals surface area contributed by atoms with Gasteiger partial charge in [0.15, 0.2) is 0 Å². The molecule has 1 heterocycles. The molecule has 0 aliphatic carbocycles. The number of piperazine rings is 1. The lowest BCUT2D eigenvalue weighted by atomic mass is 10.2. The van der Waals surface area contributed by atoms with Crippen LogP contribution in [0.3, 0.4) is 0 Å². The highest BCUT2D eigenvalue weighted by Gasteiger charge is 2.21. The van der Waals surface area contributed by atoms with Crippen LogP contribution in [0.15, 0.2) is 18.2 Å². The number of carboxylic acids is 1. The van der Waals surface area contributed by atoms with E-state index in [4.69, 9.17) is 16.7 Å². The average molecular weight is 312 g/mol. The topological polar surface area (TPSA) is 72.9 Å². The summed E-state index contributed by atoms with van der Waals surface area (Å²) in [7, 11) is 0. The number of likely N-dealkylation sites (N-methyl/N-ethyl adjacent to an activating group) is 1. The van der Waals surface area contributed by atoms with Crippen LogP contribution in [0.1, 0.15) is 17.3 Å². The zero-order chi connectivity index (χ0) is 15.4. The van der Waals surface area contributed by atoms with Gasteiger partial charge in [-0.1, -0.05) is 18.5 Å². The quantitative estimate of drug-likeness (QED) is 0.897. The summed E-state index contributed by atoms with van der Waals surface area (Å²) >= 11 is 5.79. The first-order valence-corrected chi connectivity index (χ1v) is 7.20. The monoisotopic (exact) mass is 311 g/mol. The van der Waals surface area contributed by atoms with Crippen molar-refractivity contribution < 1.29 is 14.7 Å². The molecule has 1 aromatic carbocycles. The fourth-order valence-corrected chi connectivity index (χ4v) is 2.44. The number of rotatable bonds is 3. The highest BCUT2D eigenvalue weighted by molar-refractivity contribution is 6.31. The van der Waals surface area contributed by atoms with Gasteiger partial charge in [-0.15, -0.1) is 0 Å². The number of carbonyl (C=O) groups excluding carboxylic acids is 1. The summed E-state index contributed by atoms with van der Waals surface area (Å²) < 4.78 is 0. The summed E-state index contributed by atoms with van der Waals surface area (Å²) in [5.74, 6) is -1.12. The van der Waals surface area contributed by atoms with E-state index in [0.29, 0.717) is 18.1 Å². The molecule has 0 spiro atoms. The largest absolute Gasteiger partial charge is 0.478 e. The molecule has 2 N–H and O–H groups in total. The van der Waals surface area contributed by atoms with E-state index in [2.05, 4.69) is 17.1 Å². The molecule has 114 valence electrons. The molecule has 1 aliphatic rings. The van der Waals surface area contributed by atoms with E-state index >= 15 is 0 Å². The summed E-state index contributed by atoms with van der Waals surface area (Å²) in [5, 5.41) is 12.1. The maximum atomic E-state index is 12.2. The maximum absolute atomic E-state index is 12.2. The first-order valence-electron chi connectivity index (χ1n) is 6.82. The Morgan fingerprint density at radius 3 is 2.52 bits per heavy atom. The van der Waals surface area contributed by atoms with Crippen molar-refractivity contribution >= 4 is 29.3 Å². The number of hydrogen-bond acceptors (Lipinski definition) is 3. The van der Waals surface area contributed by atoms with Crippen LogP contribution >= 0.6 is 11.6 Å². The molecule has 1 saturated heterocycles. The summed E-state index contributed by atoms with van der Waals surface area (Å²) in [5.41, 5.74) is 0.248. The first kappa shape index (κ1) is 15.6. The van der Waals surface area contributed by atoms with Crippen LogP contribution in [0, 0.1) is 0 Å². The second kappa shape index (κ2) is 6.78. The Hall–Kier alpha value is -1.79. The van der Waals surface area contributed by atoms with Crippen LogP contribution in [0.2, 0.25) is 5.02 Å². The van der Waals surface area contributed by atoms with Gasteiger partial charge in [-0.25, -0.2) is 9.59 Å². The highest BCUT2D eigenvalue weighted by atomic mass is 35.5. The Bertz CT molecular complexity index is 542. The van der Waals surface area contributed by atoms with Crippen molar-refractivity contribution in [1.29, 1.82) is 0 Å². The van der Waals surface area contributed by atoms with Crippen molar-refractivity contribution in [3.05, 3.63) is 28.8 Å². The number of carboxylic acid groups (broad SMARTS) is 1.